The monoisotopic (exact) mass is 607 g/mol. The molecule has 0 aliphatic rings. The van der Waals surface area contributed by atoms with Gasteiger partial charge in [-0.25, -0.2) is 9.59 Å². The first-order valence-electron chi connectivity index (χ1n) is 13.6. The Hall–Kier alpha value is -4.89. The van der Waals surface area contributed by atoms with Gasteiger partial charge in [-0.2, -0.15) is 0 Å². The standard InChI is InChI=1S/C27H41N7O9/c1-16(2)23(24(28)39)34(3)27(42)43-15-17-9-11-18(12-10-17)32-25(40)19(6-5-13-30-26(29)41)33-21(36)14-31-20(35)7-4-8-22(37)38/h9-12,16,19,23H,4-8,13-15H2,1-3H3,(H2,28,39)(H,31,35)(H,32,40)(H,33,36)(H,37,38)(H3,29,30,41)/t19-,23-/m0/s1. The van der Waals surface area contributed by atoms with Gasteiger partial charge < -0.3 is 42.6 Å². The van der Waals surface area contributed by atoms with E-state index in [0.29, 0.717) is 17.7 Å². The highest BCUT2D eigenvalue weighted by molar-refractivity contribution is 5.97. The lowest BCUT2D eigenvalue weighted by Crippen LogP contribution is -2.48. The normalized spacial score (nSPS) is 11.9. The van der Waals surface area contributed by atoms with Gasteiger partial charge in [0.05, 0.1) is 6.54 Å². The molecule has 9 N–H and O–H groups in total. The molecule has 0 aromatic heterocycles. The maximum Gasteiger partial charge on any atom is 0.410 e. The number of nitrogens with one attached hydrogen (secondary N) is 4. The summed E-state index contributed by atoms with van der Waals surface area (Å²) in [5, 5.41) is 18.6. The molecule has 16 heteroatoms. The first-order valence-corrected chi connectivity index (χ1v) is 13.6. The Balaban J connectivity index is 2.74. The first kappa shape index (κ1) is 36.1. The number of carboxylic acid groups (broad SMARTS) is 1. The van der Waals surface area contributed by atoms with E-state index < -0.39 is 60.4 Å². The van der Waals surface area contributed by atoms with Crippen LogP contribution in [-0.4, -0.2) is 83.9 Å². The van der Waals surface area contributed by atoms with Crippen molar-refractivity contribution in [1.29, 1.82) is 0 Å². The van der Waals surface area contributed by atoms with Crippen molar-refractivity contribution in [1.82, 2.24) is 20.9 Å². The molecule has 0 aliphatic heterocycles. The van der Waals surface area contributed by atoms with Gasteiger partial charge in [-0.05, 0) is 42.9 Å². The van der Waals surface area contributed by atoms with Crippen molar-refractivity contribution in [2.24, 2.45) is 17.4 Å². The van der Waals surface area contributed by atoms with Crippen molar-refractivity contribution in [2.75, 3.05) is 25.5 Å². The number of aliphatic carboxylic acids is 1. The fraction of sp³-hybridized carbons (Fsp3) is 0.519. The number of carbonyl (C=O) groups excluding carboxylic acids is 6. The fourth-order valence-corrected chi connectivity index (χ4v) is 3.94. The second-order valence-corrected chi connectivity index (χ2v) is 10.0. The lowest BCUT2D eigenvalue weighted by molar-refractivity contribution is -0.137. The summed E-state index contributed by atoms with van der Waals surface area (Å²) in [5.41, 5.74) is 11.4. The highest BCUT2D eigenvalue weighted by atomic mass is 16.6. The zero-order chi connectivity index (χ0) is 32.5. The number of primary amides is 2. The van der Waals surface area contributed by atoms with Crippen LogP contribution in [0, 0.1) is 5.92 Å². The minimum atomic E-state index is -1.03. The van der Waals surface area contributed by atoms with E-state index in [9.17, 15) is 33.6 Å². The lowest BCUT2D eigenvalue weighted by Gasteiger charge is -2.27. The number of nitrogens with two attached hydrogens (primary N) is 2. The number of carboxylic acids is 1. The number of urea groups is 1. The third-order valence-electron chi connectivity index (χ3n) is 6.07. The SMILES string of the molecule is CC(C)[C@@H](C(N)=O)N(C)C(=O)OCc1ccc(NC(=O)[C@H](CCCNC(N)=O)NC(=O)CNC(=O)CCCC(=O)O)cc1. The van der Waals surface area contributed by atoms with Crippen LogP contribution in [0.2, 0.25) is 0 Å². The minimum absolute atomic E-state index is 0.0694. The summed E-state index contributed by atoms with van der Waals surface area (Å²) in [7, 11) is 1.42. The Bertz CT molecular complexity index is 1140. The summed E-state index contributed by atoms with van der Waals surface area (Å²) in [5.74, 6) is -3.60. The summed E-state index contributed by atoms with van der Waals surface area (Å²) >= 11 is 0. The van der Waals surface area contributed by atoms with E-state index in [1.165, 1.54) is 7.05 Å². The number of anilines is 1. The second-order valence-electron chi connectivity index (χ2n) is 10.0. The molecule has 7 amide bonds. The van der Waals surface area contributed by atoms with E-state index in [1.54, 1.807) is 38.1 Å². The Morgan fingerprint density at radius 2 is 1.58 bits per heavy atom. The molecule has 0 radical (unpaired) electrons. The smallest absolute Gasteiger partial charge is 0.410 e. The van der Waals surface area contributed by atoms with Crippen molar-refractivity contribution >= 4 is 47.4 Å². The van der Waals surface area contributed by atoms with Gasteiger partial charge in [0.25, 0.3) is 0 Å². The molecule has 16 nitrogen and oxygen atoms in total. The molecule has 0 saturated heterocycles. The van der Waals surface area contributed by atoms with Crippen LogP contribution in [0.25, 0.3) is 0 Å². The van der Waals surface area contributed by atoms with Gasteiger partial charge in [-0.1, -0.05) is 26.0 Å². The second kappa shape index (κ2) is 18.5. The van der Waals surface area contributed by atoms with E-state index in [-0.39, 0.29) is 44.8 Å². The van der Waals surface area contributed by atoms with Gasteiger partial charge >= 0.3 is 18.1 Å². The number of hydrogen-bond donors (Lipinski definition) is 7. The van der Waals surface area contributed by atoms with Crippen LogP contribution in [0.15, 0.2) is 24.3 Å². The number of nitrogens with zero attached hydrogens (tertiary/aromatic N) is 1. The number of carbonyl (C=O) groups is 7. The topological polar surface area (TPSA) is 252 Å². The zero-order valence-corrected chi connectivity index (χ0v) is 24.5. The summed E-state index contributed by atoms with van der Waals surface area (Å²) in [6, 6.07) is 3.76. The van der Waals surface area contributed by atoms with Crippen molar-refractivity contribution < 1.29 is 43.4 Å². The highest BCUT2D eigenvalue weighted by Gasteiger charge is 2.29. The fourth-order valence-electron chi connectivity index (χ4n) is 3.94. The van der Waals surface area contributed by atoms with Crippen LogP contribution < -0.4 is 32.7 Å². The lowest BCUT2D eigenvalue weighted by atomic mass is 10.0. The number of rotatable bonds is 18. The number of likely N-dealkylation sites (N-methyl/N-ethyl adjacent to an activating group) is 1. The molecule has 0 bridgehead atoms. The van der Waals surface area contributed by atoms with Crippen molar-refractivity contribution in [3.8, 4) is 0 Å². The van der Waals surface area contributed by atoms with Gasteiger partial charge in [-0.3, -0.25) is 28.9 Å². The van der Waals surface area contributed by atoms with Crippen molar-refractivity contribution in [3.63, 3.8) is 0 Å². The molecule has 238 valence electrons. The van der Waals surface area contributed by atoms with Gasteiger partial charge in [-0.15, -0.1) is 0 Å². The largest absolute Gasteiger partial charge is 0.481 e. The van der Waals surface area contributed by atoms with Gasteiger partial charge in [0.15, 0.2) is 0 Å². The maximum absolute atomic E-state index is 13.0. The van der Waals surface area contributed by atoms with Crippen LogP contribution >= 0.6 is 0 Å². The number of benzene rings is 1. The van der Waals surface area contributed by atoms with Crippen molar-refractivity contribution in [3.05, 3.63) is 29.8 Å². The summed E-state index contributed by atoms with van der Waals surface area (Å²) in [6.07, 6.45) is -0.424. The zero-order valence-electron chi connectivity index (χ0n) is 24.5. The molecule has 1 rings (SSSR count). The molecular weight excluding hydrogens is 566 g/mol. The van der Waals surface area contributed by atoms with E-state index in [4.69, 9.17) is 21.3 Å². The van der Waals surface area contributed by atoms with Gasteiger partial charge in [0.1, 0.15) is 18.7 Å². The van der Waals surface area contributed by atoms with Gasteiger partial charge in [0.2, 0.25) is 23.6 Å². The molecule has 0 saturated carbocycles. The third-order valence-corrected chi connectivity index (χ3v) is 6.07. The van der Waals surface area contributed by atoms with Crippen LogP contribution in [0.4, 0.5) is 15.3 Å². The average Bonchev–Trinajstić information content (AvgIpc) is 2.92. The molecule has 0 spiro atoms. The molecule has 0 heterocycles. The van der Waals surface area contributed by atoms with Crippen LogP contribution in [0.5, 0.6) is 0 Å². The highest BCUT2D eigenvalue weighted by Crippen LogP contribution is 2.14. The first-order chi connectivity index (χ1) is 20.2. The van der Waals surface area contributed by atoms with Gasteiger partial charge in [0, 0.05) is 32.1 Å². The number of amides is 7. The Morgan fingerprint density at radius 1 is 0.930 bits per heavy atom. The number of hydrogen-bond acceptors (Lipinski definition) is 8. The molecule has 0 fully saturated rings. The van der Waals surface area contributed by atoms with Crippen LogP contribution in [0.1, 0.15) is 51.5 Å². The van der Waals surface area contributed by atoms with E-state index in [1.807, 2.05) is 0 Å². The summed E-state index contributed by atoms with van der Waals surface area (Å²) < 4.78 is 5.27. The maximum atomic E-state index is 13.0. The molecule has 2 atom stereocenters. The Labute approximate surface area is 249 Å². The molecular formula is C27H41N7O9. The van der Waals surface area contributed by atoms with E-state index in [2.05, 4.69) is 21.3 Å². The minimum Gasteiger partial charge on any atom is -0.481 e. The van der Waals surface area contributed by atoms with Crippen LogP contribution in [0.3, 0.4) is 0 Å². The van der Waals surface area contributed by atoms with E-state index in [0.717, 1.165) is 4.90 Å². The Kier molecular flexibility index (Phi) is 15.6. The molecule has 0 aliphatic carbocycles. The quantitative estimate of drug-likeness (QED) is 0.111. The predicted octanol–water partition coefficient (Wildman–Crippen LogP) is 0.00780. The van der Waals surface area contributed by atoms with Crippen LogP contribution in [-0.2, 0) is 35.3 Å². The summed E-state index contributed by atoms with van der Waals surface area (Å²) in [6.45, 7) is 3.15. The third kappa shape index (κ3) is 14.5. The molecule has 1 aromatic carbocycles. The molecule has 43 heavy (non-hydrogen) atoms. The van der Waals surface area contributed by atoms with E-state index >= 15 is 0 Å². The van der Waals surface area contributed by atoms with Crippen molar-refractivity contribution in [2.45, 2.75) is 64.6 Å². The molecule has 1 aromatic rings. The number of ether oxygens (including phenoxy) is 1. The predicted molar refractivity (Wildman–Crippen MR) is 154 cm³/mol. The Morgan fingerprint density at radius 3 is 2.14 bits per heavy atom. The molecule has 0 unspecified atom stereocenters. The average molecular weight is 608 g/mol. The summed E-state index contributed by atoms with van der Waals surface area (Å²) in [4.78, 5) is 83.9.